The maximum absolute atomic E-state index is 9.76. The Balaban J connectivity index is 3.83. The first-order valence-corrected chi connectivity index (χ1v) is 10.8. The highest BCUT2D eigenvalue weighted by atomic mass is 16.5. The number of hydrogen-bond donors (Lipinski definition) is 5. The van der Waals surface area contributed by atoms with Crippen molar-refractivity contribution in [3.8, 4) is 0 Å². The molecule has 0 heterocycles. The van der Waals surface area contributed by atoms with Gasteiger partial charge in [-0.05, 0) is 38.0 Å². The molecule has 0 rings (SSSR count). The summed E-state index contributed by atoms with van der Waals surface area (Å²) in [6, 6.07) is 0. The van der Waals surface area contributed by atoms with Crippen molar-refractivity contribution in [3.63, 3.8) is 0 Å². The Labute approximate surface area is 171 Å². The fourth-order valence-corrected chi connectivity index (χ4v) is 3.10. The minimum absolute atomic E-state index is 0.142. The first-order valence-electron chi connectivity index (χ1n) is 10.8. The van der Waals surface area contributed by atoms with Crippen LogP contribution in [0.2, 0.25) is 0 Å². The molecule has 0 saturated heterocycles. The van der Waals surface area contributed by atoms with Gasteiger partial charge in [0.1, 0.15) is 24.4 Å². The van der Waals surface area contributed by atoms with Crippen LogP contribution in [0.25, 0.3) is 0 Å². The fraction of sp³-hybridized carbons (Fsp3) is 0.909. The standard InChI is InChI=1S/C22H44O6/c1-16(2)8-5-9-17(3)10-6-11-18(4)12-7-13-28-15-20(25)22(27)21(26)19(24)14-23/h12,16-17,19-27H,5-11,13-15H2,1-4H3/b18-12+/t17?,19-,20-,21-,22-/m1/s1. The summed E-state index contributed by atoms with van der Waals surface area (Å²) < 4.78 is 5.33. The predicted molar refractivity (Wildman–Crippen MR) is 112 cm³/mol. The van der Waals surface area contributed by atoms with Gasteiger partial charge in [0.15, 0.2) is 0 Å². The Hall–Kier alpha value is -0.500. The first-order chi connectivity index (χ1) is 13.2. The average molecular weight is 405 g/mol. The van der Waals surface area contributed by atoms with Gasteiger partial charge in [-0.1, -0.05) is 58.1 Å². The highest BCUT2D eigenvalue weighted by Crippen LogP contribution is 2.19. The first kappa shape index (κ1) is 27.5. The normalized spacial score (nSPS) is 18.1. The SMILES string of the molecule is C/C(=C\CCOC[C@@H](O)[C@@H](O)[C@H](O)[C@H](O)CO)CCCC(C)CCCC(C)C. The van der Waals surface area contributed by atoms with E-state index in [1.807, 2.05) is 0 Å². The van der Waals surface area contributed by atoms with Gasteiger partial charge in [0.2, 0.25) is 0 Å². The van der Waals surface area contributed by atoms with E-state index in [0.717, 1.165) is 24.7 Å². The van der Waals surface area contributed by atoms with E-state index in [9.17, 15) is 20.4 Å². The van der Waals surface area contributed by atoms with Crippen LogP contribution in [0.5, 0.6) is 0 Å². The molecule has 28 heavy (non-hydrogen) atoms. The molecule has 5 N–H and O–H groups in total. The van der Waals surface area contributed by atoms with Gasteiger partial charge in [-0.15, -0.1) is 0 Å². The Morgan fingerprint density at radius 2 is 1.50 bits per heavy atom. The van der Waals surface area contributed by atoms with Crippen LogP contribution < -0.4 is 0 Å². The molecule has 1 unspecified atom stereocenters. The minimum Gasteiger partial charge on any atom is -0.394 e. The summed E-state index contributed by atoms with van der Waals surface area (Å²) in [4.78, 5) is 0. The van der Waals surface area contributed by atoms with Crippen molar-refractivity contribution in [2.24, 2.45) is 11.8 Å². The van der Waals surface area contributed by atoms with Gasteiger partial charge in [-0.25, -0.2) is 0 Å². The van der Waals surface area contributed by atoms with Crippen molar-refractivity contribution in [1.82, 2.24) is 0 Å². The lowest BCUT2D eigenvalue weighted by atomic mass is 9.94. The Bertz CT molecular complexity index is 398. The number of rotatable bonds is 17. The number of ether oxygens (including phenoxy) is 1. The monoisotopic (exact) mass is 404 g/mol. The van der Waals surface area contributed by atoms with Gasteiger partial charge in [-0.2, -0.15) is 0 Å². The van der Waals surface area contributed by atoms with E-state index in [1.54, 1.807) is 0 Å². The predicted octanol–water partition coefficient (Wildman–Crippen LogP) is 2.41. The number of allylic oxidation sites excluding steroid dienone is 1. The minimum atomic E-state index is -1.61. The molecule has 0 amide bonds. The molecule has 168 valence electrons. The second kappa shape index (κ2) is 16.3. The third kappa shape index (κ3) is 13.6. The van der Waals surface area contributed by atoms with Crippen molar-refractivity contribution < 1.29 is 30.3 Å². The van der Waals surface area contributed by atoms with Crippen LogP contribution in [0.3, 0.4) is 0 Å². The molecule has 6 heteroatoms. The number of aliphatic hydroxyl groups is 5. The second-order valence-corrected chi connectivity index (χ2v) is 8.53. The number of aliphatic hydroxyl groups excluding tert-OH is 5. The molecular weight excluding hydrogens is 360 g/mol. The molecule has 0 saturated carbocycles. The molecule has 0 fully saturated rings. The van der Waals surface area contributed by atoms with Crippen molar-refractivity contribution in [3.05, 3.63) is 11.6 Å². The zero-order chi connectivity index (χ0) is 21.5. The second-order valence-electron chi connectivity index (χ2n) is 8.53. The largest absolute Gasteiger partial charge is 0.394 e. The molecule has 0 spiro atoms. The van der Waals surface area contributed by atoms with Crippen molar-refractivity contribution in [2.75, 3.05) is 19.8 Å². The lowest BCUT2D eigenvalue weighted by Gasteiger charge is -2.25. The van der Waals surface area contributed by atoms with Crippen molar-refractivity contribution in [1.29, 1.82) is 0 Å². The Morgan fingerprint density at radius 3 is 2.11 bits per heavy atom. The summed E-state index contributed by atoms with van der Waals surface area (Å²) in [5.41, 5.74) is 1.33. The van der Waals surface area contributed by atoms with Crippen LogP contribution in [0, 0.1) is 11.8 Å². The lowest BCUT2D eigenvalue weighted by Crippen LogP contribution is -2.47. The van der Waals surface area contributed by atoms with Gasteiger partial charge >= 0.3 is 0 Å². The molecular formula is C22H44O6. The van der Waals surface area contributed by atoms with Gasteiger partial charge in [0.05, 0.1) is 19.8 Å². The molecule has 0 bridgehead atoms. The average Bonchev–Trinajstić information content (AvgIpc) is 2.65. The third-order valence-electron chi connectivity index (χ3n) is 5.12. The van der Waals surface area contributed by atoms with E-state index < -0.39 is 31.0 Å². The molecule has 0 aliphatic rings. The van der Waals surface area contributed by atoms with Crippen LogP contribution in [0.1, 0.15) is 72.6 Å². The zero-order valence-electron chi connectivity index (χ0n) is 18.3. The summed E-state index contributed by atoms with van der Waals surface area (Å²) in [6.07, 6.45) is 4.35. The van der Waals surface area contributed by atoms with Crippen LogP contribution in [0.15, 0.2) is 11.6 Å². The molecule has 0 aliphatic carbocycles. The molecule has 5 atom stereocenters. The lowest BCUT2D eigenvalue weighted by molar-refractivity contribution is -0.128. The van der Waals surface area contributed by atoms with Gasteiger partial charge in [0.25, 0.3) is 0 Å². The smallest absolute Gasteiger partial charge is 0.111 e. The fourth-order valence-electron chi connectivity index (χ4n) is 3.10. The van der Waals surface area contributed by atoms with Gasteiger partial charge in [-0.3, -0.25) is 0 Å². The molecule has 0 aromatic carbocycles. The van der Waals surface area contributed by atoms with E-state index in [4.69, 9.17) is 9.84 Å². The van der Waals surface area contributed by atoms with Crippen LogP contribution in [-0.4, -0.2) is 69.8 Å². The summed E-state index contributed by atoms with van der Waals surface area (Å²) in [5.74, 6) is 1.57. The van der Waals surface area contributed by atoms with Crippen molar-refractivity contribution in [2.45, 2.75) is 97.1 Å². The van der Waals surface area contributed by atoms with Crippen molar-refractivity contribution >= 4 is 0 Å². The summed E-state index contributed by atoms with van der Waals surface area (Å²) >= 11 is 0. The van der Waals surface area contributed by atoms with Crippen LogP contribution in [0.4, 0.5) is 0 Å². The third-order valence-corrected chi connectivity index (χ3v) is 5.12. The van der Waals surface area contributed by atoms with Gasteiger partial charge in [0, 0.05) is 0 Å². The summed E-state index contributed by atoms with van der Waals surface area (Å²) in [6.45, 7) is 8.58. The summed E-state index contributed by atoms with van der Waals surface area (Å²) in [7, 11) is 0. The quantitative estimate of drug-likeness (QED) is 0.188. The molecule has 0 aromatic heterocycles. The zero-order valence-corrected chi connectivity index (χ0v) is 18.3. The van der Waals surface area contributed by atoms with E-state index in [-0.39, 0.29) is 6.61 Å². The van der Waals surface area contributed by atoms with E-state index >= 15 is 0 Å². The Morgan fingerprint density at radius 1 is 0.893 bits per heavy atom. The Kier molecular flexibility index (Phi) is 16.0. The van der Waals surface area contributed by atoms with E-state index in [1.165, 1.54) is 37.7 Å². The van der Waals surface area contributed by atoms with Crippen LogP contribution in [-0.2, 0) is 4.74 Å². The topological polar surface area (TPSA) is 110 Å². The maximum Gasteiger partial charge on any atom is 0.111 e. The maximum atomic E-state index is 9.76. The van der Waals surface area contributed by atoms with Gasteiger partial charge < -0.3 is 30.3 Å². The highest BCUT2D eigenvalue weighted by molar-refractivity contribution is 4.97. The molecule has 0 aliphatic heterocycles. The molecule has 0 radical (unpaired) electrons. The molecule has 6 nitrogen and oxygen atoms in total. The number of hydrogen-bond acceptors (Lipinski definition) is 6. The van der Waals surface area contributed by atoms with Crippen LogP contribution >= 0.6 is 0 Å². The summed E-state index contributed by atoms with van der Waals surface area (Å²) in [5, 5.41) is 47.0. The molecule has 0 aromatic rings. The van der Waals surface area contributed by atoms with E-state index in [0.29, 0.717) is 6.61 Å². The van der Waals surface area contributed by atoms with E-state index in [2.05, 4.69) is 33.8 Å². The highest BCUT2D eigenvalue weighted by Gasteiger charge is 2.29.